The van der Waals surface area contributed by atoms with Gasteiger partial charge in [0.2, 0.25) is 10.0 Å². The Bertz CT molecular complexity index is 830. The quantitative estimate of drug-likeness (QED) is 0.803. The van der Waals surface area contributed by atoms with Gasteiger partial charge in [0, 0.05) is 32.7 Å². The molecule has 2 aromatic rings. The zero-order valence-corrected chi connectivity index (χ0v) is 15.5. The van der Waals surface area contributed by atoms with E-state index in [4.69, 9.17) is 11.6 Å². The average molecular weight is 377 g/mol. The highest BCUT2D eigenvalue weighted by atomic mass is 35.5. The number of rotatable bonds is 5. The highest BCUT2D eigenvalue weighted by molar-refractivity contribution is 7.89. The predicted molar refractivity (Wildman–Crippen MR) is 102 cm³/mol. The van der Waals surface area contributed by atoms with Crippen molar-refractivity contribution in [1.29, 1.82) is 0 Å². The lowest BCUT2D eigenvalue weighted by Gasteiger charge is -2.33. The first-order chi connectivity index (χ1) is 12.1. The maximum absolute atomic E-state index is 12.7. The molecule has 1 saturated heterocycles. The van der Waals surface area contributed by atoms with Crippen LogP contribution >= 0.6 is 11.6 Å². The maximum atomic E-state index is 12.7. The number of hydrogen-bond acceptors (Lipinski definition) is 3. The van der Waals surface area contributed by atoms with E-state index in [2.05, 4.69) is 29.2 Å². The lowest BCUT2D eigenvalue weighted by Crippen LogP contribution is -2.48. The molecule has 0 bridgehead atoms. The van der Waals surface area contributed by atoms with E-state index < -0.39 is 10.0 Å². The summed E-state index contributed by atoms with van der Waals surface area (Å²) >= 11 is 6.06. The smallest absolute Gasteiger partial charge is 0.244 e. The van der Waals surface area contributed by atoms with E-state index in [0.717, 1.165) is 6.54 Å². The first-order valence-corrected chi connectivity index (χ1v) is 10.1. The molecule has 1 fully saturated rings. The Morgan fingerprint density at radius 1 is 0.920 bits per heavy atom. The van der Waals surface area contributed by atoms with E-state index in [1.54, 1.807) is 24.3 Å². The van der Waals surface area contributed by atoms with Crippen molar-refractivity contribution in [2.75, 3.05) is 32.7 Å². The van der Waals surface area contributed by atoms with Gasteiger partial charge in [-0.25, -0.2) is 8.42 Å². The molecule has 0 radical (unpaired) electrons. The number of benzene rings is 2. The first-order valence-electron chi connectivity index (χ1n) is 8.26. The molecule has 1 aliphatic heterocycles. The van der Waals surface area contributed by atoms with Crippen LogP contribution in [0.4, 0.5) is 0 Å². The summed E-state index contributed by atoms with van der Waals surface area (Å²) in [5.41, 5.74) is 1.17. The Balaban J connectivity index is 1.57. The molecule has 0 aliphatic carbocycles. The van der Waals surface area contributed by atoms with Crippen LogP contribution in [0, 0.1) is 0 Å². The molecule has 0 atom stereocenters. The first kappa shape index (κ1) is 18.1. The fourth-order valence-corrected chi connectivity index (χ4v) is 4.76. The second kappa shape index (κ2) is 8.15. The van der Waals surface area contributed by atoms with Gasteiger partial charge in [-0.2, -0.15) is 4.31 Å². The van der Waals surface area contributed by atoms with Crippen molar-refractivity contribution in [2.45, 2.75) is 4.90 Å². The second-order valence-electron chi connectivity index (χ2n) is 5.95. The van der Waals surface area contributed by atoms with Gasteiger partial charge < -0.3 is 0 Å². The molecular formula is C19H21ClN2O2S. The average Bonchev–Trinajstić information content (AvgIpc) is 2.63. The van der Waals surface area contributed by atoms with Crippen LogP contribution in [0.2, 0.25) is 5.02 Å². The summed E-state index contributed by atoms with van der Waals surface area (Å²) < 4.78 is 27.0. The molecule has 0 saturated carbocycles. The summed E-state index contributed by atoms with van der Waals surface area (Å²) in [7, 11) is -3.52. The molecule has 25 heavy (non-hydrogen) atoms. The molecule has 1 aliphatic rings. The third-order valence-corrected chi connectivity index (χ3v) is 6.66. The van der Waals surface area contributed by atoms with Crippen molar-refractivity contribution >= 4 is 27.7 Å². The van der Waals surface area contributed by atoms with Gasteiger partial charge in [-0.1, -0.05) is 66.2 Å². The molecule has 0 unspecified atom stereocenters. The van der Waals surface area contributed by atoms with Gasteiger partial charge in [-0.15, -0.1) is 0 Å². The van der Waals surface area contributed by atoms with Gasteiger partial charge in [0.15, 0.2) is 0 Å². The molecule has 0 amide bonds. The summed E-state index contributed by atoms with van der Waals surface area (Å²) in [5, 5.41) is 0.274. The maximum Gasteiger partial charge on any atom is 0.244 e. The monoisotopic (exact) mass is 376 g/mol. The van der Waals surface area contributed by atoms with E-state index in [0.29, 0.717) is 26.2 Å². The van der Waals surface area contributed by atoms with Crippen molar-refractivity contribution in [3.8, 4) is 0 Å². The standard InChI is InChI=1S/C19H21ClN2O2S/c20-18-10-4-5-11-19(18)25(23,24)22-15-13-21(14-16-22)12-6-9-17-7-2-1-3-8-17/h1-11H,12-16H2/b9-6-. The fourth-order valence-electron chi connectivity index (χ4n) is 2.85. The molecule has 6 heteroatoms. The van der Waals surface area contributed by atoms with Crippen molar-refractivity contribution in [3.05, 3.63) is 71.3 Å². The van der Waals surface area contributed by atoms with Crippen LogP contribution in [-0.4, -0.2) is 50.3 Å². The van der Waals surface area contributed by atoms with E-state index in [1.807, 2.05) is 18.2 Å². The van der Waals surface area contributed by atoms with Gasteiger partial charge in [0.1, 0.15) is 4.90 Å². The summed E-state index contributed by atoms with van der Waals surface area (Å²) in [6.07, 6.45) is 4.21. The predicted octanol–water partition coefficient (Wildman–Crippen LogP) is 3.36. The van der Waals surface area contributed by atoms with Gasteiger partial charge >= 0.3 is 0 Å². The summed E-state index contributed by atoms with van der Waals surface area (Å²) in [4.78, 5) is 2.44. The number of hydrogen-bond donors (Lipinski definition) is 0. The molecule has 3 rings (SSSR count). The number of piperazine rings is 1. The Kier molecular flexibility index (Phi) is 5.91. The van der Waals surface area contributed by atoms with Crippen LogP contribution in [0.3, 0.4) is 0 Å². The molecular weight excluding hydrogens is 356 g/mol. The van der Waals surface area contributed by atoms with Crippen molar-refractivity contribution < 1.29 is 8.42 Å². The highest BCUT2D eigenvalue weighted by Gasteiger charge is 2.29. The lowest BCUT2D eigenvalue weighted by molar-refractivity contribution is 0.204. The molecule has 4 nitrogen and oxygen atoms in total. The van der Waals surface area contributed by atoms with Crippen LogP contribution in [0.25, 0.3) is 6.08 Å². The lowest BCUT2D eigenvalue weighted by atomic mass is 10.2. The van der Waals surface area contributed by atoms with E-state index in [1.165, 1.54) is 9.87 Å². The van der Waals surface area contributed by atoms with Crippen LogP contribution < -0.4 is 0 Å². The Morgan fingerprint density at radius 2 is 1.56 bits per heavy atom. The zero-order valence-electron chi connectivity index (χ0n) is 13.9. The van der Waals surface area contributed by atoms with E-state index >= 15 is 0 Å². The second-order valence-corrected chi connectivity index (χ2v) is 8.26. The normalized spacial score (nSPS) is 17.2. The van der Waals surface area contributed by atoms with Gasteiger partial charge in [-0.05, 0) is 17.7 Å². The van der Waals surface area contributed by atoms with Crippen LogP contribution in [0.1, 0.15) is 5.56 Å². The third kappa shape index (κ3) is 4.50. The van der Waals surface area contributed by atoms with Gasteiger partial charge in [0.05, 0.1) is 5.02 Å². The minimum Gasteiger partial charge on any atom is -0.297 e. The SMILES string of the molecule is O=S(=O)(c1ccccc1Cl)N1CCN(C/C=C\c2ccccc2)CC1. The third-order valence-electron chi connectivity index (χ3n) is 4.26. The highest BCUT2D eigenvalue weighted by Crippen LogP contribution is 2.24. The van der Waals surface area contributed by atoms with Gasteiger partial charge in [0.25, 0.3) is 0 Å². The van der Waals surface area contributed by atoms with Crippen molar-refractivity contribution in [3.63, 3.8) is 0 Å². The molecule has 2 aromatic carbocycles. The van der Waals surface area contributed by atoms with Gasteiger partial charge in [-0.3, -0.25) is 4.90 Å². The van der Waals surface area contributed by atoms with Crippen LogP contribution in [-0.2, 0) is 10.0 Å². The minimum absolute atomic E-state index is 0.189. The molecule has 0 spiro atoms. The largest absolute Gasteiger partial charge is 0.297 e. The summed E-state index contributed by atoms with van der Waals surface area (Å²) in [6.45, 7) is 3.19. The van der Waals surface area contributed by atoms with Crippen molar-refractivity contribution in [2.24, 2.45) is 0 Å². The van der Waals surface area contributed by atoms with E-state index in [9.17, 15) is 8.42 Å². The minimum atomic E-state index is -3.52. The summed E-state index contributed by atoms with van der Waals surface area (Å²) in [5.74, 6) is 0. The van der Waals surface area contributed by atoms with Crippen molar-refractivity contribution in [1.82, 2.24) is 9.21 Å². The molecule has 0 aromatic heterocycles. The molecule has 132 valence electrons. The molecule has 0 N–H and O–H groups in total. The Labute approximate surface area is 154 Å². The van der Waals surface area contributed by atoms with Crippen LogP contribution in [0.5, 0.6) is 0 Å². The Morgan fingerprint density at radius 3 is 2.24 bits per heavy atom. The number of halogens is 1. The number of sulfonamides is 1. The summed E-state index contributed by atoms with van der Waals surface area (Å²) in [6, 6.07) is 16.7. The zero-order chi connectivity index (χ0) is 17.7. The molecule has 1 heterocycles. The number of nitrogens with zero attached hydrogens (tertiary/aromatic N) is 2. The van der Waals surface area contributed by atoms with Crippen LogP contribution in [0.15, 0.2) is 65.6 Å². The topological polar surface area (TPSA) is 40.6 Å². The fraction of sp³-hybridized carbons (Fsp3) is 0.263. The Hall–Kier alpha value is -1.66. The van der Waals surface area contributed by atoms with E-state index in [-0.39, 0.29) is 9.92 Å².